The lowest BCUT2D eigenvalue weighted by Gasteiger charge is -2.50. The molecule has 3 fully saturated rings. The Morgan fingerprint density at radius 1 is 1.02 bits per heavy atom. The van der Waals surface area contributed by atoms with Crippen molar-refractivity contribution >= 4 is 22.9 Å². The number of carbonyl (C=O) groups is 2. The zero-order valence-corrected chi connectivity index (χ0v) is 32.4. The van der Waals surface area contributed by atoms with E-state index in [2.05, 4.69) is 20.3 Å². The minimum Gasteiger partial charge on any atom is -0.506 e. The molecule has 5 N–H and O–H groups in total. The fraction of sp³-hybridized carbons (Fsp3) is 0.395. The summed E-state index contributed by atoms with van der Waals surface area (Å²) >= 11 is 0. The van der Waals surface area contributed by atoms with Crippen molar-refractivity contribution in [3.8, 4) is 11.5 Å². The van der Waals surface area contributed by atoms with Crippen LogP contribution in [0.3, 0.4) is 0 Å². The van der Waals surface area contributed by atoms with E-state index in [1.807, 2.05) is 61.5 Å². The quantitative estimate of drug-likeness (QED) is 0.0860. The normalized spacial score (nSPS) is 18.6. The Bertz CT molecular complexity index is 2230. The first-order chi connectivity index (χ1) is 27.6. The Morgan fingerprint density at radius 3 is 2.51 bits per heavy atom. The number of aliphatic hydroxyl groups excluding tert-OH is 1. The molecule has 3 aliphatic rings. The van der Waals surface area contributed by atoms with Crippen LogP contribution in [0.25, 0.3) is 10.9 Å². The predicted molar refractivity (Wildman–Crippen MR) is 215 cm³/mol. The Labute approximate surface area is 331 Å². The zero-order valence-electron chi connectivity index (χ0n) is 32.4. The largest absolute Gasteiger partial charge is 0.506 e. The lowest BCUT2D eigenvalue weighted by Crippen LogP contribution is -2.59. The Balaban J connectivity index is 0.964. The molecular weight excluding hydrogens is 727 g/mol. The predicted octanol–water partition coefficient (Wildman–Crippen LogP) is 4.98. The molecule has 3 aliphatic heterocycles. The number of aromatic hydroxyl groups is 1. The van der Waals surface area contributed by atoms with E-state index in [-0.39, 0.29) is 41.9 Å². The number of nitrogens with zero attached hydrogens (tertiary/aromatic N) is 5. The summed E-state index contributed by atoms with van der Waals surface area (Å²) in [5, 5.41) is 40.1. The van der Waals surface area contributed by atoms with Gasteiger partial charge in [0.2, 0.25) is 5.56 Å². The average Bonchev–Trinajstić information content (AvgIpc) is 3.65. The van der Waals surface area contributed by atoms with E-state index in [1.54, 1.807) is 39.7 Å². The molecule has 2 amide bonds. The maximum atomic E-state index is 13.6. The molecule has 5 heterocycles. The number of carbonyl (C=O) groups excluding carboxylic acids is 1. The number of amides is 2. The number of phenols is 1. The molecule has 0 radical (unpaired) electrons. The van der Waals surface area contributed by atoms with E-state index >= 15 is 0 Å². The van der Waals surface area contributed by atoms with Gasteiger partial charge in [0.05, 0.1) is 23.7 Å². The second kappa shape index (κ2) is 17.6. The molecule has 0 spiro atoms. The van der Waals surface area contributed by atoms with Gasteiger partial charge in [-0.3, -0.25) is 19.2 Å². The maximum absolute atomic E-state index is 13.6. The molecule has 8 rings (SSSR count). The van der Waals surface area contributed by atoms with Crippen LogP contribution >= 0.6 is 0 Å². The number of rotatable bonds is 16. The maximum Gasteiger partial charge on any atom is 0.408 e. The van der Waals surface area contributed by atoms with Crippen molar-refractivity contribution in [3.63, 3.8) is 0 Å². The molecule has 3 atom stereocenters. The minimum absolute atomic E-state index is 0.0635. The highest BCUT2D eigenvalue weighted by Gasteiger charge is 2.43. The highest BCUT2D eigenvalue weighted by molar-refractivity contribution is 5.92. The van der Waals surface area contributed by atoms with Gasteiger partial charge in [-0.2, -0.15) is 5.10 Å². The monoisotopic (exact) mass is 777 g/mol. The van der Waals surface area contributed by atoms with Crippen molar-refractivity contribution in [2.45, 2.75) is 57.5 Å². The van der Waals surface area contributed by atoms with Crippen molar-refractivity contribution in [2.24, 2.45) is 5.92 Å². The van der Waals surface area contributed by atoms with Gasteiger partial charge in [0, 0.05) is 44.7 Å². The Morgan fingerprint density at radius 2 is 1.79 bits per heavy atom. The van der Waals surface area contributed by atoms with E-state index in [9.17, 15) is 29.7 Å². The molecule has 1 unspecified atom stereocenters. The number of aryl methyl sites for hydroxylation is 1. The molecule has 0 aliphatic carbocycles. The Hall–Kier alpha value is -5.70. The summed E-state index contributed by atoms with van der Waals surface area (Å²) in [6.07, 6.45) is 0.822. The van der Waals surface area contributed by atoms with Crippen LogP contribution in [0, 0.1) is 5.92 Å². The minimum atomic E-state index is -0.934. The highest BCUT2D eigenvalue weighted by atomic mass is 16.5. The summed E-state index contributed by atoms with van der Waals surface area (Å²) < 4.78 is 7.92. The van der Waals surface area contributed by atoms with Crippen LogP contribution in [0.5, 0.6) is 11.5 Å². The summed E-state index contributed by atoms with van der Waals surface area (Å²) in [6.45, 7) is 6.57. The molecule has 300 valence electrons. The van der Waals surface area contributed by atoms with Crippen LogP contribution < -0.4 is 15.6 Å². The van der Waals surface area contributed by atoms with E-state index in [0.717, 1.165) is 43.6 Å². The number of pyridine rings is 1. The Kier molecular flexibility index (Phi) is 12.2. The number of fused-ring (bicyclic) bond motifs is 4. The summed E-state index contributed by atoms with van der Waals surface area (Å²) in [7, 11) is 1.74. The number of nitrogens with one attached hydrogen (secondary N) is 2. The van der Waals surface area contributed by atoms with Gasteiger partial charge in [0.1, 0.15) is 29.5 Å². The molecule has 57 heavy (non-hydrogen) atoms. The fourth-order valence-electron chi connectivity index (χ4n) is 8.36. The van der Waals surface area contributed by atoms with Crippen LogP contribution in [0.15, 0.2) is 89.7 Å². The molecule has 5 aromatic rings. The van der Waals surface area contributed by atoms with Crippen LogP contribution in [0.2, 0.25) is 0 Å². The van der Waals surface area contributed by atoms with E-state index in [1.165, 1.54) is 12.1 Å². The van der Waals surface area contributed by atoms with Crippen molar-refractivity contribution in [3.05, 3.63) is 123 Å². The van der Waals surface area contributed by atoms with Crippen LogP contribution in [-0.4, -0.2) is 109 Å². The van der Waals surface area contributed by atoms with Crippen molar-refractivity contribution in [1.82, 2.24) is 34.8 Å². The SMILES string of the molecule is CCn1nc(COc2cccc(C(c3ccccc3)N(C(=O)O)[C@H]3CN4CCC3CC4)c2)cc1C(=O)N(C)CCCNC[C@@H](O)c1ccc(O)c2[nH]c(=O)ccc12. The third kappa shape index (κ3) is 8.83. The molecule has 2 bridgehead atoms. The van der Waals surface area contributed by atoms with E-state index in [4.69, 9.17) is 4.74 Å². The first-order valence-electron chi connectivity index (χ1n) is 19.7. The third-order valence-corrected chi connectivity index (χ3v) is 11.3. The average molecular weight is 778 g/mol. The van der Waals surface area contributed by atoms with Crippen LogP contribution in [0.4, 0.5) is 4.79 Å². The summed E-state index contributed by atoms with van der Waals surface area (Å²) in [5.74, 6) is 0.669. The number of hydrogen-bond acceptors (Lipinski definition) is 9. The second-order valence-corrected chi connectivity index (χ2v) is 15.0. The van der Waals surface area contributed by atoms with Crippen molar-refractivity contribution in [2.75, 3.05) is 46.3 Å². The number of aliphatic hydroxyl groups is 1. The third-order valence-electron chi connectivity index (χ3n) is 11.3. The number of hydrogen-bond donors (Lipinski definition) is 5. The van der Waals surface area contributed by atoms with Crippen LogP contribution in [0.1, 0.15) is 71.2 Å². The molecule has 3 aromatic carbocycles. The van der Waals surface area contributed by atoms with Crippen molar-refractivity contribution in [1.29, 1.82) is 0 Å². The lowest BCUT2D eigenvalue weighted by molar-refractivity contribution is -0.000814. The first kappa shape index (κ1) is 39.5. The topological polar surface area (TPSA) is 176 Å². The van der Waals surface area contributed by atoms with Crippen molar-refractivity contribution < 1.29 is 29.6 Å². The number of aromatic amines is 1. The highest BCUT2D eigenvalue weighted by Crippen LogP contribution is 2.39. The van der Waals surface area contributed by atoms with E-state index in [0.29, 0.717) is 60.1 Å². The molecular formula is C43H51N7O7. The first-order valence-corrected chi connectivity index (χ1v) is 19.7. The van der Waals surface area contributed by atoms with Gasteiger partial charge in [-0.15, -0.1) is 0 Å². The molecule has 0 saturated carbocycles. The van der Waals surface area contributed by atoms with Gasteiger partial charge in [-0.25, -0.2) is 4.79 Å². The molecule has 3 saturated heterocycles. The number of aromatic nitrogens is 3. The number of benzene rings is 3. The number of ether oxygens (including phenoxy) is 1. The van der Waals surface area contributed by atoms with Gasteiger partial charge >= 0.3 is 6.09 Å². The molecule has 14 heteroatoms. The number of piperidine rings is 3. The molecule has 2 aromatic heterocycles. The smallest absolute Gasteiger partial charge is 0.408 e. The van der Waals surface area contributed by atoms with Gasteiger partial charge in [0.15, 0.2) is 0 Å². The zero-order chi connectivity index (χ0) is 40.1. The summed E-state index contributed by atoms with van der Waals surface area (Å²) in [4.78, 5) is 46.6. The van der Waals surface area contributed by atoms with Crippen LogP contribution in [-0.2, 0) is 13.2 Å². The molecule has 14 nitrogen and oxygen atoms in total. The second-order valence-electron chi connectivity index (χ2n) is 15.0. The van der Waals surface area contributed by atoms with Gasteiger partial charge in [-0.05, 0) is 98.8 Å². The number of H-pyrrole nitrogens is 1. The van der Waals surface area contributed by atoms with E-state index < -0.39 is 18.2 Å². The fourth-order valence-corrected chi connectivity index (χ4v) is 8.36. The lowest BCUT2D eigenvalue weighted by atomic mass is 9.81. The van der Waals surface area contributed by atoms with Gasteiger partial charge in [-0.1, -0.05) is 48.5 Å². The standard InChI is InChI=1S/C43H51N7O7/c1-3-49-35(42(54)47(2)20-8-19-44-25-38(52)33-13-15-37(51)40-34(33)14-16-39(53)45-40)24-31(46-49)27-57-32-12-7-11-30(23-32)41(29-9-5-4-6-10-29)50(43(55)56)36-26-48-21-17-28(36)18-22-48/h4-7,9-16,23-24,28,36,38,41,44,51-52H,3,8,17-22,25-27H2,1-2H3,(H,45,53)(H,55,56)/t36-,38+,41?/m0/s1. The van der Waals surface area contributed by atoms with Gasteiger partial charge < -0.3 is 40.2 Å². The summed E-state index contributed by atoms with van der Waals surface area (Å²) in [5.41, 5.74) is 3.30. The summed E-state index contributed by atoms with van der Waals surface area (Å²) in [6, 6.07) is 24.6. The van der Waals surface area contributed by atoms with Gasteiger partial charge in [0.25, 0.3) is 5.91 Å². The number of carboxylic acid groups (broad SMARTS) is 1. The number of phenolic OH excluding ortho intramolecular Hbond substituents is 1.